The monoisotopic (exact) mass is 451 g/mol. The van der Waals surface area contributed by atoms with Gasteiger partial charge in [0.2, 0.25) is 0 Å². The number of rotatable bonds is 6. The Morgan fingerprint density at radius 2 is 1.90 bits per heavy atom. The summed E-state index contributed by atoms with van der Waals surface area (Å²) in [6, 6.07) is 3.61. The van der Waals surface area contributed by atoms with E-state index in [1.165, 1.54) is 17.3 Å². The van der Waals surface area contributed by atoms with E-state index in [0.29, 0.717) is 21.6 Å². The second-order valence-corrected chi connectivity index (χ2v) is 12.4. The molecule has 21 heavy (non-hydrogen) atoms. The van der Waals surface area contributed by atoms with E-state index in [1.807, 2.05) is 10.9 Å². The maximum atomic E-state index is 6.04. The van der Waals surface area contributed by atoms with Crippen molar-refractivity contribution in [1.82, 2.24) is 15.0 Å². The van der Waals surface area contributed by atoms with Gasteiger partial charge in [-0.2, -0.15) is 0 Å². The second kappa shape index (κ2) is 7.95. The van der Waals surface area contributed by atoms with Gasteiger partial charge in [0.05, 0.1) is 0 Å². The molecule has 0 aliphatic heterocycles. The third kappa shape index (κ3) is 4.68. The Hall–Kier alpha value is -0.101. The van der Waals surface area contributed by atoms with Crippen LogP contribution in [0, 0.1) is 0 Å². The fraction of sp³-hybridized carbons (Fsp3) is 0.357. The summed E-state index contributed by atoms with van der Waals surface area (Å²) in [4.78, 5) is 0. The molecule has 0 bridgehead atoms. The number of halogens is 3. The van der Waals surface area contributed by atoms with Gasteiger partial charge < -0.3 is 0 Å². The first-order valence-electron chi connectivity index (χ1n) is 6.73. The first-order chi connectivity index (χ1) is 10.0. The van der Waals surface area contributed by atoms with Crippen molar-refractivity contribution in [2.24, 2.45) is 0 Å². The van der Waals surface area contributed by atoms with Gasteiger partial charge in [-0.25, -0.2) is 0 Å². The van der Waals surface area contributed by atoms with Crippen LogP contribution in [0.5, 0.6) is 0 Å². The number of hydrogen-bond donors (Lipinski definition) is 0. The van der Waals surface area contributed by atoms with Gasteiger partial charge in [-0.1, -0.05) is 0 Å². The van der Waals surface area contributed by atoms with E-state index < -0.39 is 19.3 Å². The third-order valence-electron chi connectivity index (χ3n) is 3.12. The molecule has 3 nitrogen and oxygen atoms in total. The molecule has 7 heteroatoms. The molecule has 2 aromatic rings. The van der Waals surface area contributed by atoms with E-state index in [1.54, 1.807) is 12.1 Å². The van der Waals surface area contributed by atoms with Crippen molar-refractivity contribution < 1.29 is 0 Å². The van der Waals surface area contributed by atoms with Crippen LogP contribution in [0.4, 0.5) is 0 Å². The summed E-state index contributed by atoms with van der Waals surface area (Å²) in [6.07, 6.45) is 4.44. The topological polar surface area (TPSA) is 30.7 Å². The maximum absolute atomic E-state index is 6.04. The minimum atomic E-state index is -1.79. The Morgan fingerprint density at radius 3 is 2.52 bits per heavy atom. The van der Waals surface area contributed by atoms with Crippen LogP contribution in [0.2, 0.25) is 19.5 Å². The van der Waals surface area contributed by atoms with E-state index in [0.717, 1.165) is 9.27 Å². The predicted octanol–water partition coefficient (Wildman–Crippen LogP) is 3.80. The molecule has 1 heterocycles. The van der Waals surface area contributed by atoms with E-state index >= 15 is 0 Å². The Balaban J connectivity index is 2.11. The van der Waals surface area contributed by atoms with E-state index in [9.17, 15) is 0 Å². The first kappa shape index (κ1) is 17.3. The van der Waals surface area contributed by atoms with Crippen molar-refractivity contribution in [2.75, 3.05) is 0 Å². The number of unbranched alkanes of at least 4 members (excludes halogenated alkanes) is 1. The Kier molecular flexibility index (Phi) is 6.53. The molecular formula is C14H16Cl3N3Sn. The molecule has 0 amide bonds. The van der Waals surface area contributed by atoms with Crippen LogP contribution in [-0.4, -0.2) is 38.8 Å². The number of hydrogen-bond acceptors (Lipinski definition) is 2. The molecule has 0 atom stereocenters. The van der Waals surface area contributed by atoms with Gasteiger partial charge in [-0.15, -0.1) is 0 Å². The Morgan fingerprint density at radius 1 is 1.24 bits per heavy atom. The molecule has 2 rings (SSSR count). The van der Waals surface area contributed by atoms with Gasteiger partial charge in [0, 0.05) is 0 Å². The molecular weight excluding hydrogens is 435 g/mol. The first-order valence-corrected chi connectivity index (χ1v) is 13.3. The van der Waals surface area contributed by atoms with E-state index in [-0.39, 0.29) is 0 Å². The average molecular weight is 451 g/mol. The van der Waals surface area contributed by atoms with Crippen molar-refractivity contribution in [3.8, 4) is 0 Å². The normalized spacial score (nSPS) is 10.9. The molecule has 0 radical (unpaired) electrons. The summed E-state index contributed by atoms with van der Waals surface area (Å²) in [6.45, 7) is 2.77. The Bertz CT molecular complexity index is 632. The SMILES string of the molecule is [CH2]=[Sn]([CH2]CCC)[c]1cn(Cc2cc(Cl)c(Cl)c(Cl)c2)nn1. The molecule has 0 aliphatic carbocycles. The molecule has 0 N–H and O–H groups in total. The van der Waals surface area contributed by atoms with Gasteiger partial charge in [-0.3, -0.25) is 0 Å². The minimum absolute atomic E-state index is 0.384. The summed E-state index contributed by atoms with van der Waals surface area (Å²) in [7, 11) is 0. The summed E-state index contributed by atoms with van der Waals surface area (Å²) < 4.78 is 8.46. The van der Waals surface area contributed by atoms with Crippen molar-refractivity contribution >= 4 is 62.3 Å². The van der Waals surface area contributed by atoms with Crippen LogP contribution in [0.25, 0.3) is 0 Å². The number of aromatic nitrogens is 3. The summed E-state index contributed by atoms with van der Waals surface area (Å²) >= 11 is 16.2. The summed E-state index contributed by atoms with van der Waals surface area (Å²) in [5.74, 6) is 0. The van der Waals surface area contributed by atoms with Crippen molar-refractivity contribution in [1.29, 1.82) is 0 Å². The molecule has 1 aromatic carbocycles. The zero-order chi connectivity index (χ0) is 15.4. The van der Waals surface area contributed by atoms with E-state index in [4.69, 9.17) is 34.8 Å². The van der Waals surface area contributed by atoms with Gasteiger partial charge in [-0.05, 0) is 0 Å². The Labute approximate surface area is 146 Å². The van der Waals surface area contributed by atoms with Crippen LogP contribution in [0.3, 0.4) is 0 Å². The van der Waals surface area contributed by atoms with Crippen molar-refractivity contribution in [3.63, 3.8) is 0 Å². The molecule has 0 aliphatic rings. The van der Waals surface area contributed by atoms with Crippen molar-refractivity contribution in [3.05, 3.63) is 39.0 Å². The molecule has 0 fully saturated rings. The summed E-state index contributed by atoms with van der Waals surface area (Å²) in [5, 5.41) is 9.74. The van der Waals surface area contributed by atoms with Crippen LogP contribution in [0.15, 0.2) is 18.3 Å². The number of nitrogens with zero attached hydrogens (tertiary/aromatic N) is 3. The third-order valence-corrected chi connectivity index (χ3v) is 9.77. The van der Waals surface area contributed by atoms with Crippen LogP contribution < -0.4 is 3.71 Å². The fourth-order valence-electron chi connectivity index (χ4n) is 1.94. The molecule has 0 saturated carbocycles. The van der Waals surface area contributed by atoms with Crippen LogP contribution >= 0.6 is 34.8 Å². The molecule has 0 spiro atoms. The van der Waals surface area contributed by atoms with Crippen LogP contribution in [-0.2, 0) is 6.54 Å². The predicted molar refractivity (Wildman–Crippen MR) is 92.8 cm³/mol. The fourth-order valence-corrected chi connectivity index (χ4v) is 7.02. The van der Waals surface area contributed by atoms with Gasteiger partial charge in [0.25, 0.3) is 0 Å². The zero-order valence-corrected chi connectivity index (χ0v) is 16.9. The number of benzene rings is 1. The molecule has 0 saturated heterocycles. The standard InChI is InChI=1S/C9H5Cl3N3.C4H9.CH2.Sn/c10-7-3-6(4-8(11)9(7)12)5-15-2-1-13-14-15;1-3-4-2;;/h2-4H,5H2;1,3-4H2,2H3;1H2;. The van der Waals surface area contributed by atoms with Crippen molar-refractivity contribution in [2.45, 2.75) is 30.7 Å². The quantitative estimate of drug-likeness (QED) is 0.494. The average Bonchev–Trinajstić information content (AvgIpc) is 2.90. The van der Waals surface area contributed by atoms with Crippen LogP contribution in [0.1, 0.15) is 25.3 Å². The van der Waals surface area contributed by atoms with Gasteiger partial charge in [0.15, 0.2) is 0 Å². The summed E-state index contributed by atoms with van der Waals surface area (Å²) in [5.41, 5.74) is 0.952. The zero-order valence-electron chi connectivity index (χ0n) is 11.7. The van der Waals surface area contributed by atoms with Gasteiger partial charge in [0.1, 0.15) is 0 Å². The second-order valence-electron chi connectivity index (χ2n) is 4.88. The molecule has 112 valence electrons. The van der Waals surface area contributed by atoms with Gasteiger partial charge >= 0.3 is 147 Å². The molecule has 1 aromatic heterocycles. The molecule has 0 unspecified atom stereocenters. The van der Waals surface area contributed by atoms with E-state index in [2.05, 4.69) is 21.8 Å².